The molecule has 0 aromatic carbocycles. The van der Waals surface area contributed by atoms with Gasteiger partial charge in [0.15, 0.2) is 0 Å². The average molecular weight is 220 g/mol. The molecule has 0 fully saturated rings. The number of methoxy groups -OCH3 is 1. The Morgan fingerprint density at radius 3 is 2.75 bits per heavy atom. The van der Waals surface area contributed by atoms with Crippen LogP contribution in [0.3, 0.4) is 0 Å². The lowest BCUT2D eigenvalue weighted by molar-refractivity contribution is 0.0600. The summed E-state index contributed by atoms with van der Waals surface area (Å²) in [5.74, 6) is -0.286. The number of aromatic nitrogens is 1. The van der Waals surface area contributed by atoms with Gasteiger partial charge in [0.1, 0.15) is 0 Å². The number of pyridine rings is 1. The molecule has 0 saturated heterocycles. The normalized spacial score (nSPS) is 9.69. The number of rotatable bonds is 3. The van der Waals surface area contributed by atoms with Crippen LogP contribution >= 0.6 is 0 Å². The van der Waals surface area contributed by atoms with Crippen LogP contribution in [0.4, 0.5) is 5.69 Å². The number of nitrogens with zero attached hydrogens (tertiary/aromatic N) is 2. The minimum Gasteiger partial charge on any atom is -0.484 e. The molecule has 5 heteroatoms. The van der Waals surface area contributed by atoms with Crippen LogP contribution < -0.4 is 4.74 Å². The highest BCUT2D eigenvalue weighted by atomic mass is 16.5. The van der Waals surface area contributed by atoms with E-state index >= 15 is 0 Å². The van der Waals surface area contributed by atoms with E-state index in [2.05, 4.69) is 14.6 Å². The van der Waals surface area contributed by atoms with Crippen molar-refractivity contribution in [3.8, 4) is 5.88 Å². The van der Waals surface area contributed by atoms with Crippen molar-refractivity contribution in [1.82, 2.24) is 4.98 Å². The summed E-state index contributed by atoms with van der Waals surface area (Å²) in [5.41, 5.74) is 0.446. The Balaban J connectivity index is 3.08. The maximum Gasteiger partial charge on any atom is 0.338 e. The third-order valence-electron chi connectivity index (χ3n) is 1.72. The number of hydrogen-bond donors (Lipinski definition) is 0. The molecule has 1 aromatic rings. The van der Waals surface area contributed by atoms with Gasteiger partial charge in [0.25, 0.3) is 0 Å². The molecule has 1 aromatic heterocycles. The fourth-order valence-electron chi connectivity index (χ4n) is 1.06. The van der Waals surface area contributed by atoms with E-state index in [9.17, 15) is 4.79 Å². The predicted octanol–water partition coefficient (Wildman–Crippen LogP) is 2.21. The molecule has 5 nitrogen and oxygen atoms in total. The second kappa shape index (κ2) is 5.12. The molecule has 0 amide bonds. The van der Waals surface area contributed by atoms with Crippen LogP contribution in [0.25, 0.3) is 4.85 Å². The average Bonchev–Trinajstić information content (AvgIpc) is 2.27. The summed E-state index contributed by atoms with van der Waals surface area (Å²) in [6, 6.07) is 1.41. The van der Waals surface area contributed by atoms with Crippen LogP contribution in [0, 0.1) is 6.57 Å². The molecule has 0 aliphatic rings. The van der Waals surface area contributed by atoms with Gasteiger partial charge in [-0.3, -0.25) is 0 Å². The molecule has 16 heavy (non-hydrogen) atoms. The molecular formula is C11H12N2O3. The Morgan fingerprint density at radius 1 is 1.56 bits per heavy atom. The van der Waals surface area contributed by atoms with Gasteiger partial charge in [0.2, 0.25) is 11.6 Å². The minimum atomic E-state index is -0.520. The Hall–Kier alpha value is -2.09. The summed E-state index contributed by atoms with van der Waals surface area (Å²) in [7, 11) is 1.28. The highest BCUT2D eigenvalue weighted by Crippen LogP contribution is 2.26. The fraction of sp³-hybridized carbons (Fsp3) is 0.364. The van der Waals surface area contributed by atoms with Crippen LogP contribution in [-0.2, 0) is 4.74 Å². The van der Waals surface area contributed by atoms with Crippen molar-refractivity contribution in [2.45, 2.75) is 20.0 Å². The topological polar surface area (TPSA) is 52.8 Å². The summed E-state index contributed by atoms with van der Waals surface area (Å²) in [6.45, 7) is 10.7. The Labute approximate surface area is 93.8 Å². The van der Waals surface area contributed by atoms with E-state index in [1.807, 2.05) is 13.8 Å². The van der Waals surface area contributed by atoms with Crippen molar-refractivity contribution in [3.05, 3.63) is 29.2 Å². The highest BCUT2D eigenvalue weighted by molar-refractivity contribution is 5.90. The first kappa shape index (κ1) is 12.0. The van der Waals surface area contributed by atoms with Gasteiger partial charge in [-0.25, -0.2) is 14.6 Å². The first-order valence-corrected chi connectivity index (χ1v) is 4.71. The molecule has 0 spiro atoms. The molecular weight excluding hydrogens is 208 g/mol. The third kappa shape index (κ3) is 2.70. The largest absolute Gasteiger partial charge is 0.484 e. The number of carbonyl (C=O) groups is 1. The molecule has 0 aliphatic heterocycles. The molecule has 0 unspecified atom stereocenters. The second-order valence-electron chi connectivity index (χ2n) is 3.32. The zero-order valence-electron chi connectivity index (χ0n) is 9.35. The number of hydrogen-bond acceptors (Lipinski definition) is 4. The first-order valence-electron chi connectivity index (χ1n) is 4.71. The van der Waals surface area contributed by atoms with Crippen molar-refractivity contribution >= 4 is 11.7 Å². The lowest BCUT2D eigenvalue weighted by Gasteiger charge is -2.10. The molecule has 0 N–H and O–H groups in total. The lowest BCUT2D eigenvalue weighted by Crippen LogP contribution is -2.08. The molecule has 1 rings (SSSR count). The van der Waals surface area contributed by atoms with Crippen molar-refractivity contribution in [1.29, 1.82) is 0 Å². The molecule has 0 atom stereocenters. The van der Waals surface area contributed by atoms with Gasteiger partial charge in [0, 0.05) is 6.20 Å². The lowest BCUT2D eigenvalue weighted by atomic mass is 10.2. The van der Waals surface area contributed by atoms with E-state index in [0.29, 0.717) is 0 Å². The van der Waals surface area contributed by atoms with Crippen LogP contribution in [0.5, 0.6) is 5.88 Å². The van der Waals surface area contributed by atoms with Gasteiger partial charge in [0.05, 0.1) is 25.3 Å². The Bertz CT molecular complexity index is 435. The third-order valence-corrected chi connectivity index (χ3v) is 1.72. The van der Waals surface area contributed by atoms with Crippen LogP contribution in [0.2, 0.25) is 0 Å². The SMILES string of the molecule is [C-]#[N+]c1cc(C(=O)OC)cnc1OC(C)C. The number of carbonyl (C=O) groups excluding carboxylic acids is 1. The molecule has 0 bridgehead atoms. The molecule has 0 aliphatic carbocycles. The Kier molecular flexibility index (Phi) is 3.84. The summed E-state index contributed by atoms with van der Waals surface area (Å²) in [6.07, 6.45) is 1.26. The van der Waals surface area contributed by atoms with Gasteiger partial charge in [-0.05, 0) is 19.9 Å². The van der Waals surface area contributed by atoms with Gasteiger partial charge in [-0.2, -0.15) is 0 Å². The van der Waals surface area contributed by atoms with E-state index in [-0.39, 0.29) is 23.2 Å². The van der Waals surface area contributed by atoms with E-state index in [0.717, 1.165) is 0 Å². The van der Waals surface area contributed by atoms with E-state index < -0.39 is 5.97 Å². The summed E-state index contributed by atoms with van der Waals surface area (Å²) in [5, 5.41) is 0. The number of esters is 1. The summed E-state index contributed by atoms with van der Waals surface area (Å²) in [4.78, 5) is 18.4. The van der Waals surface area contributed by atoms with Crippen LogP contribution in [0.15, 0.2) is 12.3 Å². The van der Waals surface area contributed by atoms with Gasteiger partial charge in [-0.1, -0.05) is 0 Å². The van der Waals surface area contributed by atoms with Crippen LogP contribution in [0.1, 0.15) is 24.2 Å². The van der Waals surface area contributed by atoms with E-state index in [1.54, 1.807) is 0 Å². The smallest absolute Gasteiger partial charge is 0.338 e. The summed E-state index contributed by atoms with van der Waals surface area (Å²) >= 11 is 0. The monoisotopic (exact) mass is 220 g/mol. The minimum absolute atomic E-state index is 0.0722. The van der Waals surface area contributed by atoms with Crippen LogP contribution in [-0.4, -0.2) is 24.2 Å². The van der Waals surface area contributed by atoms with Gasteiger partial charge >= 0.3 is 5.97 Å². The summed E-state index contributed by atoms with van der Waals surface area (Å²) < 4.78 is 9.86. The van der Waals surface area contributed by atoms with Crippen molar-refractivity contribution in [2.24, 2.45) is 0 Å². The zero-order chi connectivity index (χ0) is 12.1. The van der Waals surface area contributed by atoms with E-state index in [1.165, 1.54) is 19.4 Å². The molecule has 1 heterocycles. The second-order valence-corrected chi connectivity index (χ2v) is 3.32. The standard InChI is InChI=1S/C11H12N2O3/c1-7(2)16-10-9(12-3)5-8(6-13-10)11(14)15-4/h5-7H,1-2,4H3. The quantitative estimate of drug-likeness (QED) is 0.578. The zero-order valence-corrected chi connectivity index (χ0v) is 9.35. The fourth-order valence-corrected chi connectivity index (χ4v) is 1.06. The van der Waals surface area contributed by atoms with Crippen molar-refractivity contribution in [3.63, 3.8) is 0 Å². The maximum atomic E-state index is 11.2. The van der Waals surface area contributed by atoms with Gasteiger partial charge in [-0.15, -0.1) is 0 Å². The van der Waals surface area contributed by atoms with E-state index in [4.69, 9.17) is 11.3 Å². The molecule has 0 saturated carbocycles. The first-order chi connectivity index (χ1) is 7.58. The Morgan fingerprint density at radius 2 is 2.25 bits per heavy atom. The van der Waals surface area contributed by atoms with Crippen molar-refractivity contribution < 1.29 is 14.3 Å². The highest BCUT2D eigenvalue weighted by Gasteiger charge is 2.12. The molecule has 84 valence electrons. The predicted molar refractivity (Wildman–Crippen MR) is 57.6 cm³/mol. The maximum absolute atomic E-state index is 11.2. The molecule has 0 radical (unpaired) electrons. The van der Waals surface area contributed by atoms with Gasteiger partial charge < -0.3 is 9.47 Å². The number of ether oxygens (including phenoxy) is 2. The van der Waals surface area contributed by atoms with Crippen molar-refractivity contribution in [2.75, 3.05) is 7.11 Å².